The molecular weight excluding hydrogens is 443 g/mol. The number of piperidine rings is 1. The maximum absolute atomic E-state index is 15.0. The molecule has 0 bridgehead atoms. The van der Waals surface area contributed by atoms with Gasteiger partial charge in [-0.05, 0) is 49.2 Å². The van der Waals surface area contributed by atoms with Gasteiger partial charge in [-0.15, -0.1) is 0 Å². The lowest BCUT2D eigenvalue weighted by Crippen LogP contribution is -2.33. The average molecular weight is 471 g/mol. The molecular formula is C24H27FN4O5. The molecule has 1 saturated carbocycles. The maximum atomic E-state index is 15.0. The van der Waals surface area contributed by atoms with Crippen LogP contribution < -0.4 is 15.1 Å². The standard InChI is InChI=1S/C24H27FN4O5/c1-14(31)26-8-18-10-29(24(32)34-18)15-3-6-22(21(25)7-15)28-11-19-20(12-28)23(19)27(2)9-16-4-5-17(13-30)33-16/h3-7,13,18-20,23H,8-12H2,1-2H3,(H,26,31)/t18-,19-,20+,23?/m0/s1. The van der Waals surface area contributed by atoms with Crippen molar-refractivity contribution in [1.82, 2.24) is 10.2 Å². The van der Waals surface area contributed by atoms with Crippen LogP contribution in [0.3, 0.4) is 0 Å². The van der Waals surface area contributed by atoms with E-state index in [-0.39, 0.29) is 24.8 Å². The molecule has 3 heterocycles. The number of halogens is 1. The Balaban J connectivity index is 1.17. The zero-order valence-corrected chi connectivity index (χ0v) is 19.1. The number of carbonyl (C=O) groups is 3. The van der Waals surface area contributed by atoms with Crippen molar-refractivity contribution in [3.05, 3.63) is 47.7 Å². The van der Waals surface area contributed by atoms with Crippen LogP contribution >= 0.6 is 0 Å². The van der Waals surface area contributed by atoms with Gasteiger partial charge in [-0.2, -0.15) is 0 Å². The molecule has 9 nitrogen and oxygen atoms in total. The van der Waals surface area contributed by atoms with E-state index in [9.17, 15) is 14.4 Å². The van der Waals surface area contributed by atoms with E-state index in [1.807, 2.05) is 13.1 Å². The van der Waals surface area contributed by atoms with Gasteiger partial charge in [0.1, 0.15) is 17.7 Å². The second kappa shape index (κ2) is 8.75. The molecule has 2 amide bonds. The summed E-state index contributed by atoms with van der Waals surface area (Å²) in [5.41, 5.74) is 0.966. The number of nitrogens with one attached hydrogen (secondary N) is 1. The Kier molecular flexibility index (Phi) is 5.76. The molecule has 3 aliphatic rings. The first-order valence-electron chi connectivity index (χ1n) is 11.3. The SMILES string of the molecule is CC(=O)NC[C@H]1CN(c2ccc(N3C[C@@H]4C(N(C)Cc5ccc(C=O)o5)[C@@H]4C3)c(F)c2)C(=O)O1. The third-order valence-corrected chi connectivity index (χ3v) is 6.90. The Labute approximate surface area is 196 Å². The summed E-state index contributed by atoms with van der Waals surface area (Å²) >= 11 is 0. The van der Waals surface area contributed by atoms with Gasteiger partial charge in [0.25, 0.3) is 0 Å². The Morgan fingerprint density at radius 3 is 2.65 bits per heavy atom. The number of rotatable bonds is 8. The molecule has 1 aromatic carbocycles. The summed E-state index contributed by atoms with van der Waals surface area (Å²) in [6.45, 7) is 4.03. The maximum Gasteiger partial charge on any atom is 0.414 e. The van der Waals surface area contributed by atoms with Crippen molar-refractivity contribution in [1.29, 1.82) is 0 Å². The minimum Gasteiger partial charge on any atom is -0.457 e. The quantitative estimate of drug-likeness (QED) is 0.592. The predicted molar refractivity (Wildman–Crippen MR) is 121 cm³/mol. The Hall–Kier alpha value is -3.40. The molecule has 1 N–H and O–H groups in total. The summed E-state index contributed by atoms with van der Waals surface area (Å²) in [5.74, 6) is 1.41. The Morgan fingerprint density at radius 2 is 2.00 bits per heavy atom. The number of carbonyl (C=O) groups excluding carboxylic acids is 3. The first-order chi connectivity index (χ1) is 16.3. The van der Waals surface area contributed by atoms with Crippen molar-refractivity contribution < 1.29 is 27.9 Å². The summed E-state index contributed by atoms with van der Waals surface area (Å²) in [6.07, 6.45) is -0.318. The number of benzene rings is 1. The van der Waals surface area contributed by atoms with Crippen LogP contribution in [0.25, 0.3) is 0 Å². The van der Waals surface area contributed by atoms with Crippen molar-refractivity contribution >= 4 is 29.7 Å². The van der Waals surface area contributed by atoms with Crippen LogP contribution in [0.5, 0.6) is 0 Å². The zero-order valence-electron chi connectivity index (χ0n) is 19.1. The lowest BCUT2D eigenvalue weighted by Gasteiger charge is -2.26. The molecule has 2 saturated heterocycles. The average Bonchev–Trinajstić information content (AvgIpc) is 3.18. The molecule has 0 spiro atoms. The highest BCUT2D eigenvalue weighted by molar-refractivity contribution is 5.90. The fourth-order valence-electron chi connectivity index (χ4n) is 5.26. The fourth-order valence-corrected chi connectivity index (χ4v) is 5.26. The van der Waals surface area contributed by atoms with Gasteiger partial charge in [-0.25, -0.2) is 9.18 Å². The monoisotopic (exact) mass is 470 g/mol. The summed E-state index contributed by atoms with van der Waals surface area (Å²) in [6, 6.07) is 8.71. The van der Waals surface area contributed by atoms with Crippen molar-refractivity contribution in [3.63, 3.8) is 0 Å². The van der Waals surface area contributed by atoms with Gasteiger partial charge >= 0.3 is 6.09 Å². The highest BCUT2D eigenvalue weighted by Gasteiger charge is 2.57. The van der Waals surface area contributed by atoms with E-state index >= 15 is 4.39 Å². The van der Waals surface area contributed by atoms with Gasteiger partial charge < -0.3 is 19.4 Å². The first-order valence-corrected chi connectivity index (χ1v) is 11.3. The number of hydrogen-bond acceptors (Lipinski definition) is 7. The molecule has 4 atom stereocenters. The second-order valence-corrected chi connectivity index (χ2v) is 9.25. The molecule has 1 aromatic heterocycles. The highest BCUT2D eigenvalue weighted by Crippen LogP contribution is 2.50. The predicted octanol–water partition coefficient (Wildman–Crippen LogP) is 2.26. The normalized spacial score (nSPS) is 25.5. The minimum atomic E-state index is -0.549. The third kappa shape index (κ3) is 4.25. The van der Waals surface area contributed by atoms with E-state index in [2.05, 4.69) is 15.1 Å². The van der Waals surface area contributed by atoms with Gasteiger partial charge in [0.15, 0.2) is 12.0 Å². The van der Waals surface area contributed by atoms with E-state index in [1.165, 1.54) is 17.9 Å². The van der Waals surface area contributed by atoms with Crippen LogP contribution in [0, 0.1) is 17.7 Å². The number of cyclic esters (lactones) is 1. The van der Waals surface area contributed by atoms with Crippen molar-refractivity contribution in [2.75, 3.05) is 43.0 Å². The topological polar surface area (TPSA) is 95.3 Å². The number of ether oxygens (including phenoxy) is 1. The fraction of sp³-hybridized carbons (Fsp3) is 0.458. The van der Waals surface area contributed by atoms with Crippen molar-refractivity contribution in [2.24, 2.45) is 11.8 Å². The summed E-state index contributed by atoms with van der Waals surface area (Å²) in [7, 11) is 2.04. The van der Waals surface area contributed by atoms with Crippen molar-refractivity contribution in [2.45, 2.75) is 25.6 Å². The minimum absolute atomic E-state index is 0.199. The number of anilines is 2. The third-order valence-electron chi connectivity index (χ3n) is 6.90. The molecule has 5 rings (SSSR count). The van der Waals surface area contributed by atoms with E-state index in [1.54, 1.807) is 18.2 Å². The smallest absolute Gasteiger partial charge is 0.414 e. The summed E-state index contributed by atoms with van der Waals surface area (Å²) in [5, 5.41) is 2.63. The zero-order chi connectivity index (χ0) is 24.0. The van der Waals surface area contributed by atoms with Crippen LogP contribution in [0.15, 0.2) is 34.7 Å². The van der Waals surface area contributed by atoms with E-state index in [0.29, 0.717) is 47.8 Å². The molecule has 1 unspecified atom stereocenters. The molecule has 34 heavy (non-hydrogen) atoms. The first kappa shape index (κ1) is 22.4. The number of furan rings is 1. The van der Waals surface area contributed by atoms with E-state index in [0.717, 1.165) is 18.8 Å². The lowest BCUT2D eigenvalue weighted by atomic mass is 10.2. The lowest BCUT2D eigenvalue weighted by molar-refractivity contribution is -0.119. The Bertz CT molecular complexity index is 1110. The molecule has 2 aliphatic heterocycles. The van der Waals surface area contributed by atoms with Gasteiger partial charge in [0.05, 0.1) is 31.0 Å². The van der Waals surface area contributed by atoms with E-state index < -0.39 is 12.2 Å². The van der Waals surface area contributed by atoms with Crippen LogP contribution in [0.1, 0.15) is 23.2 Å². The van der Waals surface area contributed by atoms with Crippen LogP contribution in [0.2, 0.25) is 0 Å². The summed E-state index contributed by atoms with van der Waals surface area (Å²) in [4.78, 5) is 39.8. The van der Waals surface area contributed by atoms with Crippen LogP contribution in [-0.4, -0.2) is 68.6 Å². The van der Waals surface area contributed by atoms with Gasteiger partial charge in [-0.1, -0.05) is 0 Å². The van der Waals surface area contributed by atoms with E-state index in [4.69, 9.17) is 9.15 Å². The van der Waals surface area contributed by atoms with Gasteiger partial charge in [0, 0.05) is 26.1 Å². The number of nitrogens with zero attached hydrogens (tertiary/aromatic N) is 3. The van der Waals surface area contributed by atoms with Crippen LogP contribution in [-0.2, 0) is 16.1 Å². The van der Waals surface area contributed by atoms with Crippen LogP contribution in [0.4, 0.5) is 20.6 Å². The molecule has 180 valence electrons. The number of hydrogen-bond donors (Lipinski definition) is 1. The molecule has 3 fully saturated rings. The largest absolute Gasteiger partial charge is 0.457 e. The van der Waals surface area contributed by atoms with Gasteiger partial charge in [-0.3, -0.25) is 19.4 Å². The molecule has 1 aliphatic carbocycles. The highest BCUT2D eigenvalue weighted by atomic mass is 19.1. The van der Waals surface area contributed by atoms with Crippen molar-refractivity contribution in [3.8, 4) is 0 Å². The molecule has 0 radical (unpaired) electrons. The summed E-state index contributed by atoms with van der Waals surface area (Å²) < 4.78 is 25.8. The number of aldehydes is 1. The molecule has 2 aromatic rings. The number of amides is 2. The Morgan fingerprint density at radius 1 is 1.24 bits per heavy atom. The van der Waals surface area contributed by atoms with Gasteiger partial charge in [0.2, 0.25) is 5.91 Å². The second-order valence-electron chi connectivity index (χ2n) is 9.25. The number of fused-ring (bicyclic) bond motifs is 1. The molecule has 10 heteroatoms.